The van der Waals surface area contributed by atoms with Gasteiger partial charge in [-0.3, -0.25) is 0 Å². The molecule has 0 unspecified atom stereocenters. The average molecular weight is 385 g/mol. The topological polar surface area (TPSA) is 45.2 Å². The van der Waals surface area contributed by atoms with Crippen molar-refractivity contribution in [1.29, 1.82) is 0 Å². The number of aromatic nitrogens is 3. The molecular formula is C23H20FN5. The van der Waals surface area contributed by atoms with Gasteiger partial charge >= 0.3 is 0 Å². The maximum atomic E-state index is 13.3. The molecule has 0 amide bonds. The molecule has 0 radical (unpaired) electrons. The number of anilines is 2. The highest BCUT2D eigenvalue weighted by molar-refractivity contribution is 5.94. The molecule has 0 N–H and O–H groups in total. The van der Waals surface area contributed by atoms with Crippen LogP contribution in [0.3, 0.4) is 0 Å². The first kappa shape index (κ1) is 17.6. The number of hydrogen-bond donors (Lipinski definition) is 0. The summed E-state index contributed by atoms with van der Waals surface area (Å²) in [7, 11) is 0. The van der Waals surface area contributed by atoms with E-state index in [0.29, 0.717) is 0 Å². The minimum atomic E-state index is -0.233. The summed E-state index contributed by atoms with van der Waals surface area (Å²) in [5, 5.41) is 1.08. The Morgan fingerprint density at radius 3 is 2.21 bits per heavy atom. The number of fused-ring (bicyclic) bond motifs is 1. The van der Waals surface area contributed by atoms with Gasteiger partial charge in [0.05, 0.1) is 5.52 Å². The van der Waals surface area contributed by atoms with Crippen molar-refractivity contribution >= 4 is 22.7 Å². The Hall–Kier alpha value is -3.54. The summed E-state index contributed by atoms with van der Waals surface area (Å²) in [6, 6.07) is 18.7. The summed E-state index contributed by atoms with van der Waals surface area (Å²) < 4.78 is 13.3. The second-order valence-electron chi connectivity index (χ2n) is 7.08. The smallest absolute Gasteiger partial charge is 0.225 e. The lowest BCUT2D eigenvalue weighted by Gasteiger charge is -2.35. The van der Waals surface area contributed by atoms with E-state index in [-0.39, 0.29) is 5.82 Å². The Kier molecular flexibility index (Phi) is 4.52. The largest absolute Gasteiger partial charge is 0.353 e. The molecule has 5 rings (SSSR count). The molecule has 144 valence electrons. The van der Waals surface area contributed by atoms with E-state index in [1.54, 1.807) is 24.5 Å². The molecule has 0 atom stereocenters. The summed E-state index contributed by atoms with van der Waals surface area (Å²) in [5.74, 6) is 1.50. The lowest BCUT2D eigenvalue weighted by Crippen LogP contribution is -2.47. The maximum Gasteiger partial charge on any atom is 0.225 e. The Morgan fingerprint density at radius 1 is 0.724 bits per heavy atom. The fourth-order valence-corrected chi connectivity index (χ4v) is 3.77. The van der Waals surface area contributed by atoms with Gasteiger partial charge in [0.1, 0.15) is 11.6 Å². The van der Waals surface area contributed by atoms with Crippen molar-refractivity contribution in [2.45, 2.75) is 0 Å². The number of rotatable bonds is 3. The van der Waals surface area contributed by atoms with Crippen LogP contribution in [0.5, 0.6) is 0 Å². The zero-order valence-corrected chi connectivity index (χ0v) is 15.9. The average Bonchev–Trinajstić information content (AvgIpc) is 2.80. The Labute approximate surface area is 168 Å². The third-order valence-electron chi connectivity index (χ3n) is 5.30. The molecule has 2 aromatic heterocycles. The zero-order valence-electron chi connectivity index (χ0n) is 15.9. The van der Waals surface area contributed by atoms with E-state index in [1.807, 2.05) is 18.2 Å². The van der Waals surface area contributed by atoms with E-state index in [2.05, 4.69) is 38.0 Å². The summed E-state index contributed by atoms with van der Waals surface area (Å²) in [6.07, 6.45) is 3.55. The molecule has 6 heteroatoms. The minimum Gasteiger partial charge on any atom is -0.353 e. The van der Waals surface area contributed by atoms with Crippen LogP contribution in [0.1, 0.15) is 0 Å². The van der Waals surface area contributed by atoms with Crippen LogP contribution >= 0.6 is 0 Å². The van der Waals surface area contributed by atoms with E-state index in [1.165, 1.54) is 12.1 Å². The first-order valence-corrected chi connectivity index (χ1v) is 9.70. The monoisotopic (exact) mass is 385 g/mol. The van der Waals surface area contributed by atoms with Crippen molar-refractivity contribution in [3.8, 4) is 11.1 Å². The summed E-state index contributed by atoms with van der Waals surface area (Å²) in [4.78, 5) is 18.2. The molecule has 5 nitrogen and oxygen atoms in total. The van der Waals surface area contributed by atoms with Gasteiger partial charge in [-0.2, -0.15) is 0 Å². The van der Waals surface area contributed by atoms with Crippen LogP contribution in [0.25, 0.3) is 22.0 Å². The van der Waals surface area contributed by atoms with Gasteiger partial charge < -0.3 is 9.80 Å². The van der Waals surface area contributed by atoms with E-state index < -0.39 is 0 Å². The number of halogens is 1. The van der Waals surface area contributed by atoms with Gasteiger partial charge in [-0.1, -0.05) is 30.3 Å². The van der Waals surface area contributed by atoms with Gasteiger partial charge in [0.2, 0.25) is 5.95 Å². The lowest BCUT2D eigenvalue weighted by atomic mass is 10.0. The molecule has 0 spiro atoms. The molecule has 2 aromatic carbocycles. The standard InChI is InChI=1S/C23H20FN5/c24-19-8-5-17(6-9-19)20-4-1-3-18-7-10-21(27-22(18)20)28-13-15-29(16-14-28)23-25-11-2-12-26-23/h1-12H,13-16H2. The number of para-hydroxylation sites is 1. The SMILES string of the molecule is Fc1ccc(-c2cccc3ccc(N4CCN(c5ncccn5)CC4)nc23)cc1. The van der Waals surface area contributed by atoms with Crippen molar-refractivity contribution in [3.63, 3.8) is 0 Å². The van der Waals surface area contributed by atoms with Crippen molar-refractivity contribution in [2.24, 2.45) is 0 Å². The normalized spacial score (nSPS) is 14.4. The molecule has 1 fully saturated rings. The molecule has 1 saturated heterocycles. The van der Waals surface area contributed by atoms with Crippen molar-refractivity contribution in [2.75, 3.05) is 36.0 Å². The summed E-state index contributed by atoms with van der Waals surface area (Å²) >= 11 is 0. The van der Waals surface area contributed by atoms with Crippen LogP contribution < -0.4 is 9.80 Å². The molecule has 4 aromatic rings. The van der Waals surface area contributed by atoms with Gasteiger partial charge in [-0.15, -0.1) is 0 Å². The Morgan fingerprint density at radius 2 is 1.45 bits per heavy atom. The maximum absolute atomic E-state index is 13.3. The van der Waals surface area contributed by atoms with Crippen LogP contribution in [-0.4, -0.2) is 41.1 Å². The van der Waals surface area contributed by atoms with Gasteiger partial charge in [0.25, 0.3) is 0 Å². The van der Waals surface area contributed by atoms with E-state index >= 15 is 0 Å². The highest BCUT2D eigenvalue weighted by atomic mass is 19.1. The van der Waals surface area contributed by atoms with Gasteiger partial charge in [0, 0.05) is 49.5 Å². The number of nitrogens with zero attached hydrogens (tertiary/aromatic N) is 5. The first-order valence-electron chi connectivity index (χ1n) is 9.70. The zero-order chi connectivity index (χ0) is 19.6. The highest BCUT2D eigenvalue weighted by Crippen LogP contribution is 2.29. The fourth-order valence-electron chi connectivity index (χ4n) is 3.77. The van der Waals surface area contributed by atoms with Crippen LogP contribution in [0.4, 0.5) is 16.2 Å². The van der Waals surface area contributed by atoms with Gasteiger partial charge in [-0.05, 0) is 35.9 Å². The third-order valence-corrected chi connectivity index (χ3v) is 5.30. The molecule has 29 heavy (non-hydrogen) atoms. The van der Waals surface area contributed by atoms with E-state index in [9.17, 15) is 4.39 Å². The number of benzene rings is 2. The van der Waals surface area contributed by atoms with E-state index in [0.717, 1.165) is 60.0 Å². The molecule has 3 heterocycles. The predicted octanol–water partition coefficient (Wildman–Crippen LogP) is 4.16. The van der Waals surface area contributed by atoms with Crippen LogP contribution in [0, 0.1) is 5.82 Å². The van der Waals surface area contributed by atoms with E-state index in [4.69, 9.17) is 4.98 Å². The second-order valence-corrected chi connectivity index (χ2v) is 7.08. The third kappa shape index (κ3) is 3.49. The second kappa shape index (κ2) is 7.47. The molecule has 1 aliphatic heterocycles. The van der Waals surface area contributed by atoms with Gasteiger partial charge in [0.15, 0.2) is 0 Å². The number of pyridine rings is 1. The van der Waals surface area contributed by atoms with Crippen LogP contribution in [0.2, 0.25) is 0 Å². The van der Waals surface area contributed by atoms with Crippen molar-refractivity contribution < 1.29 is 4.39 Å². The lowest BCUT2D eigenvalue weighted by molar-refractivity contribution is 0.628. The molecule has 0 bridgehead atoms. The number of hydrogen-bond acceptors (Lipinski definition) is 5. The number of piperazine rings is 1. The summed E-state index contributed by atoms with van der Waals surface area (Å²) in [5.41, 5.74) is 2.92. The molecule has 0 aliphatic carbocycles. The van der Waals surface area contributed by atoms with Crippen molar-refractivity contribution in [3.05, 3.63) is 78.9 Å². The fraction of sp³-hybridized carbons (Fsp3) is 0.174. The first-order chi connectivity index (χ1) is 14.3. The van der Waals surface area contributed by atoms with Crippen LogP contribution in [0.15, 0.2) is 73.1 Å². The predicted molar refractivity (Wildman–Crippen MR) is 114 cm³/mol. The molecular weight excluding hydrogens is 365 g/mol. The molecule has 0 saturated carbocycles. The van der Waals surface area contributed by atoms with Crippen LogP contribution in [-0.2, 0) is 0 Å². The van der Waals surface area contributed by atoms with Gasteiger partial charge in [-0.25, -0.2) is 19.3 Å². The minimum absolute atomic E-state index is 0.233. The molecule has 1 aliphatic rings. The Balaban J connectivity index is 1.43. The quantitative estimate of drug-likeness (QED) is 0.530. The Bertz CT molecular complexity index is 1120. The summed E-state index contributed by atoms with van der Waals surface area (Å²) in [6.45, 7) is 3.41. The van der Waals surface area contributed by atoms with Crippen molar-refractivity contribution in [1.82, 2.24) is 15.0 Å². The highest BCUT2D eigenvalue weighted by Gasteiger charge is 2.20.